The van der Waals surface area contributed by atoms with Crippen LogP contribution >= 0.6 is 15.9 Å². The third-order valence-corrected chi connectivity index (χ3v) is 3.52. The first kappa shape index (κ1) is 10.8. The summed E-state index contributed by atoms with van der Waals surface area (Å²) < 4.78 is 6.84. The fourth-order valence-corrected chi connectivity index (χ4v) is 2.41. The summed E-state index contributed by atoms with van der Waals surface area (Å²) in [6, 6.07) is 13.5. The van der Waals surface area contributed by atoms with Crippen molar-refractivity contribution in [3.05, 3.63) is 63.6 Å². The van der Waals surface area contributed by atoms with Crippen LogP contribution in [0.5, 0.6) is 5.75 Å². The van der Waals surface area contributed by atoms with Crippen LogP contribution in [0.15, 0.2) is 46.9 Å². The van der Waals surface area contributed by atoms with Gasteiger partial charge in [-0.3, -0.25) is 0 Å². The lowest BCUT2D eigenvalue weighted by Crippen LogP contribution is -1.97. The Balaban J connectivity index is 2.01. The predicted octanol–water partition coefficient (Wildman–Crippen LogP) is 3.77. The number of benzene rings is 2. The van der Waals surface area contributed by atoms with Gasteiger partial charge in [0.15, 0.2) is 0 Å². The lowest BCUT2D eigenvalue weighted by molar-refractivity contribution is 0.0939. The van der Waals surface area contributed by atoms with Gasteiger partial charge in [-0.1, -0.05) is 34.1 Å². The molecule has 2 nitrogen and oxygen atoms in total. The van der Waals surface area contributed by atoms with Crippen molar-refractivity contribution in [2.24, 2.45) is 0 Å². The van der Waals surface area contributed by atoms with E-state index in [1.807, 2.05) is 18.2 Å². The molecule has 1 N–H and O–H groups in total. The van der Waals surface area contributed by atoms with Gasteiger partial charge >= 0.3 is 0 Å². The molecule has 1 unspecified atom stereocenters. The van der Waals surface area contributed by atoms with E-state index < -0.39 is 0 Å². The molecule has 1 aliphatic rings. The Morgan fingerprint density at radius 3 is 2.65 bits per heavy atom. The van der Waals surface area contributed by atoms with Crippen LogP contribution in [0.3, 0.4) is 0 Å². The van der Waals surface area contributed by atoms with E-state index in [1.54, 1.807) is 12.1 Å². The minimum absolute atomic E-state index is 0.0151. The topological polar surface area (TPSA) is 29.5 Å². The molecule has 3 rings (SSSR count). The van der Waals surface area contributed by atoms with E-state index in [1.165, 1.54) is 0 Å². The van der Waals surface area contributed by atoms with Crippen molar-refractivity contribution in [1.29, 1.82) is 0 Å². The first-order valence-corrected chi connectivity index (χ1v) is 6.22. The largest absolute Gasteiger partial charge is 0.508 e. The maximum absolute atomic E-state index is 9.43. The quantitative estimate of drug-likeness (QED) is 0.866. The van der Waals surface area contributed by atoms with Crippen molar-refractivity contribution in [2.75, 3.05) is 0 Å². The van der Waals surface area contributed by atoms with Crippen LogP contribution in [0, 0.1) is 0 Å². The Morgan fingerprint density at radius 2 is 1.88 bits per heavy atom. The molecule has 0 saturated carbocycles. The monoisotopic (exact) mass is 290 g/mol. The number of halogens is 1. The predicted molar refractivity (Wildman–Crippen MR) is 68.9 cm³/mol. The highest BCUT2D eigenvalue weighted by atomic mass is 79.9. The minimum Gasteiger partial charge on any atom is -0.508 e. The number of fused-ring (bicyclic) bond motifs is 1. The number of phenolic OH excluding ortho intramolecular Hbond substituents is 1. The summed E-state index contributed by atoms with van der Waals surface area (Å²) in [6.45, 7) is 0.560. The zero-order valence-corrected chi connectivity index (χ0v) is 10.6. The summed E-state index contributed by atoms with van der Waals surface area (Å²) in [5.74, 6) is 0.295. The Labute approximate surface area is 108 Å². The molecule has 0 aromatic heterocycles. The lowest BCUT2D eigenvalue weighted by atomic mass is 9.99. The van der Waals surface area contributed by atoms with Crippen molar-refractivity contribution in [2.45, 2.75) is 12.7 Å². The first-order chi connectivity index (χ1) is 8.24. The maximum atomic E-state index is 9.43. The molecule has 1 atom stereocenters. The smallest absolute Gasteiger partial charge is 0.115 e. The third-order valence-electron chi connectivity index (χ3n) is 2.99. The van der Waals surface area contributed by atoms with E-state index in [2.05, 4.69) is 28.1 Å². The molecule has 0 bridgehead atoms. The molecule has 0 aliphatic carbocycles. The molecule has 0 fully saturated rings. The van der Waals surface area contributed by atoms with Crippen molar-refractivity contribution in [1.82, 2.24) is 0 Å². The second-order valence-electron chi connectivity index (χ2n) is 4.13. The average Bonchev–Trinajstić information content (AvgIpc) is 2.73. The van der Waals surface area contributed by atoms with E-state index in [4.69, 9.17) is 4.74 Å². The Hall–Kier alpha value is -1.32. The SMILES string of the molecule is Oc1ccc2c(c1)COC2c1ccc(Br)cc1. The molecule has 0 spiro atoms. The Kier molecular flexibility index (Phi) is 2.65. The highest BCUT2D eigenvalue weighted by Gasteiger charge is 2.24. The highest BCUT2D eigenvalue weighted by molar-refractivity contribution is 9.10. The molecule has 1 aliphatic heterocycles. The molecule has 0 saturated heterocycles. The minimum atomic E-state index is -0.0151. The van der Waals surface area contributed by atoms with Crippen LogP contribution in [-0.4, -0.2) is 5.11 Å². The van der Waals surface area contributed by atoms with E-state index in [0.29, 0.717) is 12.4 Å². The summed E-state index contributed by atoms with van der Waals surface area (Å²) in [6.07, 6.45) is -0.0151. The molecule has 1 heterocycles. The van der Waals surface area contributed by atoms with Gasteiger partial charge in [0.2, 0.25) is 0 Å². The number of rotatable bonds is 1. The molecular weight excluding hydrogens is 280 g/mol. The molecular formula is C14H11BrO2. The van der Waals surface area contributed by atoms with E-state index in [0.717, 1.165) is 21.2 Å². The summed E-state index contributed by atoms with van der Waals surface area (Å²) >= 11 is 3.42. The lowest BCUT2D eigenvalue weighted by Gasteiger charge is -2.11. The second-order valence-corrected chi connectivity index (χ2v) is 5.04. The molecule has 86 valence electrons. The number of phenols is 1. The number of aromatic hydroxyl groups is 1. The fourth-order valence-electron chi connectivity index (χ4n) is 2.15. The van der Waals surface area contributed by atoms with Gasteiger partial charge in [0, 0.05) is 4.47 Å². The maximum Gasteiger partial charge on any atom is 0.115 e. The van der Waals surface area contributed by atoms with Gasteiger partial charge in [-0.05, 0) is 41.0 Å². The summed E-state index contributed by atoms with van der Waals surface area (Å²) in [7, 11) is 0. The van der Waals surface area contributed by atoms with Gasteiger partial charge in [-0.15, -0.1) is 0 Å². The van der Waals surface area contributed by atoms with E-state index >= 15 is 0 Å². The molecule has 0 amide bonds. The second kappa shape index (κ2) is 4.17. The Morgan fingerprint density at radius 1 is 1.12 bits per heavy atom. The Bertz CT molecular complexity index is 549. The number of hydrogen-bond donors (Lipinski definition) is 1. The standard InChI is InChI=1S/C14H11BrO2/c15-11-3-1-9(2-4-11)14-13-6-5-12(16)7-10(13)8-17-14/h1-7,14,16H,8H2. The van der Waals surface area contributed by atoms with Crippen LogP contribution in [0.25, 0.3) is 0 Å². The molecule has 17 heavy (non-hydrogen) atoms. The fraction of sp³-hybridized carbons (Fsp3) is 0.143. The van der Waals surface area contributed by atoms with Crippen LogP contribution in [-0.2, 0) is 11.3 Å². The van der Waals surface area contributed by atoms with E-state index in [9.17, 15) is 5.11 Å². The summed E-state index contributed by atoms with van der Waals surface area (Å²) in [5, 5.41) is 9.43. The summed E-state index contributed by atoms with van der Waals surface area (Å²) in [5.41, 5.74) is 3.35. The van der Waals surface area contributed by atoms with Gasteiger partial charge in [0.05, 0.1) is 6.61 Å². The number of ether oxygens (including phenoxy) is 1. The van der Waals surface area contributed by atoms with Gasteiger partial charge in [-0.2, -0.15) is 0 Å². The zero-order valence-electron chi connectivity index (χ0n) is 9.06. The third kappa shape index (κ3) is 1.96. The number of hydrogen-bond acceptors (Lipinski definition) is 2. The van der Waals surface area contributed by atoms with Crippen molar-refractivity contribution in [3.63, 3.8) is 0 Å². The van der Waals surface area contributed by atoms with Crippen LogP contribution in [0.4, 0.5) is 0 Å². The van der Waals surface area contributed by atoms with Crippen LogP contribution < -0.4 is 0 Å². The highest BCUT2D eigenvalue weighted by Crippen LogP contribution is 2.37. The van der Waals surface area contributed by atoms with Gasteiger partial charge < -0.3 is 9.84 Å². The first-order valence-electron chi connectivity index (χ1n) is 5.43. The molecule has 2 aromatic carbocycles. The van der Waals surface area contributed by atoms with Crippen molar-refractivity contribution < 1.29 is 9.84 Å². The van der Waals surface area contributed by atoms with Crippen molar-refractivity contribution >= 4 is 15.9 Å². The van der Waals surface area contributed by atoms with Crippen molar-refractivity contribution in [3.8, 4) is 5.75 Å². The van der Waals surface area contributed by atoms with Crippen LogP contribution in [0.1, 0.15) is 22.8 Å². The summed E-state index contributed by atoms with van der Waals surface area (Å²) in [4.78, 5) is 0. The van der Waals surface area contributed by atoms with E-state index in [-0.39, 0.29) is 6.10 Å². The van der Waals surface area contributed by atoms with Gasteiger partial charge in [-0.25, -0.2) is 0 Å². The van der Waals surface area contributed by atoms with Crippen LogP contribution in [0.2, 0.25) is 0 Å². The van der Waals surface area contributed by atoms with Gasteiger partial charge in [0.25, 0.3) is 0 Å². The normalized spacial score (nSPS) is 18.1. The zero-order chi connectivity index (χ0) is 11.8. The molecule has 2 aromatic rings. The average molecular weight is 291 g/mol. The molecule has 0 radical (unpaired) electrons. The molecule has 3 heteroatoms. The van der Waals surface area contributed by atoms with Gasteiger partial charge in [0.1, 0.15) is 11.9 Å².